The molecule has 1 aromatic rings. The van der Waals surface area contributed by atoms with Crippen molar-refractivity contribution in [1.82, 2.24) is 14.3 Å². The summed E-state index contributed by atoms with van der Waals surface area (Å²) in [5.74, 6) is 0. The van der Waals surface area contributed by atoms with Crippen molar-refractivity contribution in [3.63, 3.8) is 0 Å². The molecule has 8 heteroatoms. The Balaban J connectivity index is 3.05. The average Bonchev–Trinajstić information content (AvgIpc) is 2.77. The van der Waals surface area contributed by atoms with Crippen LogP contribution >= 0.6 is 12.2 Å². The second-order valence-electron chi connectivity index (χ2n) is 4.20. The van der Waals surface area contributed by atoms with E-state index < -0.39 is 15.6 Å². The lowest BCUT2D eigenvalue weighted by atomic mass is 10.0. The molecule has 0 aromatic carbocycles. The Bertz CT molecular complexity index is 538. The van der Waals surface area contributed by atoms with E-state index in [-0.39, 0.29) is 10.0 Å². The van der Waals surface area contributed by atoms with Crippen LogP contribution < -0.4 is 10.5 Å². The van der Waals surface area contributed by atoms with Gasteiger partial charge in [-0.1, -0.05) is 19.1 Å². The molecule has 0 aliphatic heterocycles. The Kier molecular flexibility index (Phi) is 4.46. The van der Waals surface area contributed by atoms with E-state index in [0.29, 0.717) is 13.0 Å². The second kappa shape index (κ2) is 5.33. The van der Waals surface area contributed by atoms with Gasteiger partial charge in [0.2, 0.25) is 0 Å². The molecule has 0 fully saturated rings. The van der Waals surface area contributed by atoms with Gasteiger partial charge >= 0.3 is 0 Å². The van der Waals surface area contributed by atoms with Crippen molar-refractivity contribution in [2.24, 2.45) is 5.73 Å². The van der Waals surface area contributed by atoms with Gasteiger partial charge in [-0.2, -0.15) is 4.72 Å². The number of hydrogen-bond donors (Lipinski definition) is 2. The highest BCUT2D eigenvalue weighted by Crippen LogP contribution is 2.15. The summed E-state index contributed by atoms with van der Waals surface area (Å²) in [5.41, 5.74) is 4.64. The Morgan fingerprint density at radius 3 is 2.61 bits per heavy atom. The maximum absolute atomic E-state index is 12.1. The molecule has 102 valence electrons. The van der Waals surface area contributed by atoms with Crippen molar-refractivity contribution in [1.29, 1.82) is 0 Å². The summed E-state index contributed by atoms with van der Waals surface area (Å²) in [7, 11) is -3.71. The number of hydrogen-bond acceptors (Lipinski definition) is 4. The Morgan fingerprint density at radius 2 is 2.22 bits per heavy atom. The third-order valence-corrected chi connectivity index (χ3v) is 4.79. The number of nitrogens with zero attached hydrogens (tertiary/aromatic N) is 2. The lowest BCUT2D eigenvalue weighted by Crippen LogP contribution is -2.53. The minimum atomic E-state index is -3.71. The zero-order valence-corrected chi connectivity index (χ0v) is 12.3. The number of thiocarbonyl (C=S) groups is 1. The number of nitrogens with two attached hydrogens (primary N) is 1. The van der Waals surface area contributed by atoms with E-state index in [0.717, 1.165) is 0 Å². The van der Waals surface area contributed by atoms with E-state index in [2.05, 4.69) is 9.71 Å². The second-order valence-corrected chi connectivity index (χ2v) is 6.27. The lowest BCUT2D eigenvalue weighted by molar-refractivity contribution is 0.509. The zero-order valence-electron chi connectivity index (χ0n) is 10.7. The predicted octanol–water partition coefficient (Wildman–Crippen LogP) is 0.636. The number of aromatic nitrogens is 2. The Labute approximate surface area is 113 Å². The summed E-state index contributed by atoms with van der Waals surface area (Å²) < 4.78 is 28.5. The maximum Gasteiger partial charge on any atom is 0.260 e. The van der Waals surface area contributed by atoms with Gasteiger partial charge in [-0.15, -0.1) is 0 Å². The molecule has 3 N–H and O–H groups in total. The molecule has 18 heavy (non-hydrogen) atoms. The van der Waals surface area contributed by atoms with Crippen molar-refractivity contribution in [3.8, 4) is 0 Å². The first-order valence-electron chi connectivity index (χ1n) is 5.61. The van der Waals surface area contributed by atoms with Crippen LogP contribution in [0.3, 0.4) is 0 Å². The van der Waals surface area contributed by atoms with Crippen LogP contribution in [-0.4, -0.2) is 28.5 Å². The minimum Gasteiger partial charge on any atom is -0.392 e. The van der Waals surface area contributed by atoms with E-state index in [4.69, 9.17) is 18.0 Å². The van der Waals surface area contributed by atoms with Crippen molar-refractivity contribution in [3.05, 3.63) is 12.5 Å². The summed E-state index contributed by atoms with van der Waals surface area (Å²) in [5, 5.41) is -0.0275. The first-order chi connectivity index (χ1) is 8.25. The molecule has 0 spiro atoms. The van der Waals surface area contributed by atoms with Crippen molar-refractivity contribution >= 4 is 27.2 Å². The molecule has 1 atom stereocenters. The van der Waals surface area contributed by atoms with Crippen molar-refractivity contribution in [2.45, 2.75) is 44.3 Å². The standard InChI is InChI=1S/C10H18N4O2S2/c1-4-10(3,9(11)17)13-18(15,16)8-6-14(5-2)7-12-8/h6-7,13H,4-5H2,1-3H3,(H2,11,17). The number of imidazole rings is 1. The van der Waals surface area contributed by atoms with E-state index in [1.54, 1.807) is 11.5 Å². The zero-order chi connectivity index (χ0) is 14.0. The van der Waals surface area contributed by atoms with Crippen LogP contribution in [0.4, 0.5) is 0 Å². The summed E-state index contributed by atoms with van der Waals surface area (Å²) in [6.07, 6.45) is 3.41. The van der Waals surface area contributed by atoms with Gasteiger partial charge in [-0.3, -0.25) is 0 Å². The fourth-order valence-electron chi connectivity index (χ4n) is 1.30. The van der Waals surface area contributed by atoms with E-state index in [9.17, 15) is 8.42 Å². The maximum atomic E-state index is 12.1. The summed E-state index contributed by atoms with van der Waals surface area (Å²) in [4.78, 5) is 3.98. The highest BCUT2D eigenvalue weighted by Gasteiger charge is 2.32. The molecule has 6 nitrogen and oxygen atoms in total. The molecular formula is C10H18N4O2S2. The summed E-state index contributed by atoms with van der Waals surface area (Å²) >= 11 is 4.90. The molecule has 1 heterocycles. The third-order valence-electron chi connectivity index (χ3n) is 2.86. The SMILES string of the molecule is CCn1cnc(S(=O)(=O)NC(C)(CC)C(N)=S)c1. The van der Waals surface area contributed by atoms with Gasteiger partial charge in [0.25, 0.3) is 10.0 Å². The van der Waals surface area contributed by atoms with Crippen molar-refractivity contribution in [2.75, 3.05) is 0 Å². The summed E-state index contributed by atoms with van der Waals surface area (Å²) in [6, 6.07) is 0. The van der Waals surface area contributed by atoms with Gasteiger partial charge in [-0.25, -0.2) is 13.4 Å². The minimum absolute atomic E-state index is 0.0275. The van der Waals surface area contributed by atoms with E-state index in [1.807, 2.05) is 13.8 Å². The van der Waals surface area contributed by atoms with Crippen LogP contribution in [0.1, 0.15) is 27.2 Å². The monoisotopic (exact) mass is 290 g/mol. The van der Waals surface area contributed by atoms with Gasteiger partial charge in [-0.05, 0) is 20.3 Å². The molecule has 0 aliphatic carbocycles. The van der Waals surface area contributed by atoms with Crippen LogP contribution in [0.15, 0.2) is 17.6 Å². The Hall–Kier alpha value is -0.990. The highest BCUT2D eigenvalue weighted by molar-refractivity contribution is 7.89. The number of sulfonamides is 1. The van der Waals surface area contributed by atoms with Crippen LogP contribution in [0.25, 0.3) is 0 Å². The fourth-order valence-corrected chi connectivity index (χ4v) is 2.97. The molecule has 0 radical (unpaired) electrons. The average molecular weight is 290 g/mol. The predicted molar refractivity (Wildman–Crippen MR) is 73.7 cm³/mol. The smallest absolute Gasteiger partial charge is 0.260 e. The molecule has 1 aromatic heterocycles. The van der Waals surface area contributed by atoms with Crippen LogP contribution in [0.2, 0.25) is 0 Å². The largest absolute Gasteiger partial charge is 0.392 e. The normalized spacial score (nSPS) is 15.3. The van der Waals surface area contributed by atoms with Gasteiger partial charge < -0.3 is 10.3 Å². The lowest BCUT2D eigenvalue weighted by Gasteiger charge is -2.27. The quantitative estimate of drug-likeness (QED) is 0.750. The number of aryl methyl sites for hydroxylation is 1. The molecule has 0 saturated carbocycles. The first-order valence-corrected chi connectivity index (χ1v) is 7.50. The van der Waals surface area contributed by atoms with Gasteiger partial charge in [0.1, 0.15) is 0 Å². The van der Waals surface area contributed by atoms with Gasteiger partial charge in [0.05, 0.1) is 16.9 Å². The molecule has 0 saturated heterocycles. The van der Waals surface area contributed by atoms with Gasteiger partial charge in [0, 0.05) is 12.7 Å². The van der Waals surface area contributed by atoms with Crippen LogP contribution in [0, 0.1) is 0 Å². The molecule has 0 amide bonds. The van der Waals surface area contributed by atoms with Gasteiger partial charge in [0.15, 0.2) is 5.03 Å². The molecule has 1 rings (SSSR count). The molecule has 0 aliphatic rings. The fraction of sp³-hybridized carbons (Fsp3) is 0.600. The third kappa shape index (κ3) is 3.06. The van der Waals surface area contributed by atoms with Crippen LogP contribution in [-0.2, 0) is 16.6 Å². The molecule has 0 bridgehead atoms. The topological polar surface area (TPSA) is 90.0 Å². The first kappa shape index (κ1) is 15.1. The van der Waals surface area contributed by atoms with E-state index in [1.165, 1.54) is 12.5 Å². The number of nitrogens with one attached hydrogen (secondary N) is 1. The summed E-state index contributed by atoms with van der Waals surface area (Å²) in [6.45, 7) is 6.02. The molecular weight excluding hydrogens is 272 g/mol. The van der Waals surface area contributed by atoms with Crippen molar-refractivity contribution < 1.29 is 8.42 Å². The Morgan fingerprint density at radius 1 is 1.61 bits per heavy atom. The van der Waals surface area contributed by atoms with E-state index >= 15 is 0 Å². The molecule has 1 unspecified atom stereocenters. The van der Waals surface area contributed by atoms with Crippen LogP contribution in [0.5, 0.6) is 0 Å². The number of rotatable bonds is 6. The highest BCUT2D eigenvalue weighted by atomic mass is 32.2.